The summed E-state index contributed by atoms with van der Waals surface area (Å²) in [5.74, 6) is -0.739. The van der Waals surface area contributed by atoms with Gasteiger partial charge in [0.1, 0.15) is 5.82 Å². The second-order valence-corrected chi connectivity index (χ2v) is 5.68. The molecule has 0 spiro atoms. The van der Waals surface area contributed by atoms with Crippen LogP contribution in [0.1, 0.15) is 35.7 Å². The van der Waals surface area contributed by atoms with Gasteiger partial charge in [0.05, 0.1) is 5.56 Å². The van der Waals surface area contributed by atoms with E-state index in [1.807, 2.05) is 0 Å². The van der Waals surface area contributed by atoms with Crippen molar-refractivity contribution in [1.82, 2.24) is 10.6 Å². The van der Waals surface area contributed by atoms with Crippen LogP contribution in [0.4, 0.5) is 4.39 Å². The van der Waals surface area contributed by atoms with Crippen LogP contribution >= 0.6 is 12.4 Å². The van der Waals surface area contributed by atoms with Gasteiger partial charge in [-0.05, 0) is 49.9 Å². The first kappa shape index (κ1) is 16.9. The third-order valence-electron chi connectivity index (χ3n) is 3.92. The van der Waals surface area contributed by atoms with Crippen LogP contribution in [0.3, 0.4) is 0 Å². The van der Waals surface area contributed by atoms with E-state index in [0.717, 1.165) is 25.9 Å². The van der Waals surface area contributed by atoms with Crippen molar-refractivity contribution in [3.05, 3.63) is 35.1 Å². The Morgan fingerprint density at radius 2 is 2.05 bits per heavy atom. The van der Waals surface area contributed by atoms with E-state index in [1.54, 1.807) is 19.1 Å². The molecule has 112 valence electrons. The van der Waals surface area contributed by atoms with Crippen LogP contribution in [-0.2, 0) is 0 Å². The van der Waals surface area contributed by atoms with Crippen molar-refractivity contribution < 1.29 is 9.18 Å². The Bertz CT molecular complexity index is 473. The fourth-order valence-electron chi connectivity index (χ4n) is 2.42. The predicted molar refractivity (Wildman–Crippen MR) is 80.9 cm³/mol. The van der Waals surface area contributed by atoms with Gasteiger partial charge in [0.25, 0.3) is 5.91 Å². The summed E-state index contributed by atoms with van der Waals surface area (Å²) in [4.78, 5) is 12.0. The molecule has 1 heterocycles. The lowest BCUT2D eigenvalue weighted by molar-refractivity contribution is 0.0918. The summed E-state index contributed by atoms with van der Waals surface area (Å²) < 4.78 is 13.8. The van der Waals surface area contributed by atoms with E-state index in [4.69, 9.17) is 0 Å². The van der Waals surface area contributed by atoms with Crippen LogP contribution in [0.5, 0.6) is 0 Å². The zero-order chi connectivity index (χ0) is 13.9. The van der Waals surface area contributed by atoms with E-state index in [-0.39, 0.29) is 29.3 Å². The van der Waals surface area contributed by atoms with Crippen molar-refractivity contribution in [3.8, 4) is 0 Å². The first-order valence-electron chi connectivity index (χ1n) is 6.76. The zero-order valence-electron chi connectivity index (χ0n) is 12.0. The van der Waals surface area contributed by atoms with E-state index in [0.29, 0.717) is 12.1 Å². The fraction of sp³-hybridized carbons (Fsp3) is 0.533. The number of hydrogen-bond donors (Lipinski definition) is 2. The Hall–Kier alpha value is -1.13. The van der Waals surface area contributed by atoms with Gasteiger partial charge in [-0.15, -0.1) is 12.4 Å². The van der Waals surface area contributed by atoms with E-state index in [1.165, 1.54) is 6.07 Å². The smallest absolute Gasteiger partial charge is 0.254 e. The normalized spacial score (nSPS) is 17.1. The van der Waals surface area contributed by atoms with E-state index in [2.05, 4.69) is 17.6 Å². The van der Waals surface area contributed by atoms with Gasteiger partial charge >= 0.3 is 0 Å². The Morgan fingerprint density at radius 1 is 1.40 bits per heavy atom. The summed E-state index contributed by atoms with van der Waals surface area (Å²) in [5.41, 5.74) is 0.750. The van der Waals surface area contributed by atoms with Crippen LogP contribution in [0.15, 0.2) is 18.2 Å². The summed E-state index contributed by atoms with van der Waals surface area (Å²) in [6, 6.07) is 4.90. The molecule has 1 aromatic carbocycles. The van der Waals surface area contributed by atoms with E-state index < -0.39 is 5.82 Å². The van der Waals surface area contributed by atoms with Gasteiger partial charge in [0.15, 0.2) is 0 Å². The number of hydrogen-bond acceptors (Lipinski definition) is 2. The molecule has 1 aromatic rings. The molecule has 20 heavy (non-hydrogen) atoms. The lowest BCUT2D eigenvalue weighted by Crippen LogP contribution is -2.43. The van der Waals surface area contributed by atoms with Crippen LogP contribution in [0.25, 0.3) is 0 Å². The van der Waals surface area contributed by atoms with Crippen LogP contribution in [0, 0.1) is 18.2 Å². The first-order valence-corrected chi connectivity index (χ1v) is 6.76. The average Bonchev–Trinajstić information content (AvgIpc) is 2.40. The van der Waals surface area contributed by atoms with Crippen molar-refractivity contribution in [2.45, 2.75) is 26.7 Å². The maximum absolute atomic E-state index is 13.8. The van der Waals surface area contributed by atoms with Crippen molar-refractivity contribution in [2.75, 3.05) is 19.6 Å². The highest BCUT2D eigenvalue weighted by molar-refractivity contribution is 5.94. The van der Waals surface area contributed by atoms with Crippen LogP contribution in [-0.4, -0.2) is 25.5 Å². The highest BCUT2D eigenvalue weighted by Gasteiger charge is 2.27. The second kappa shape index (κ2) is 7.04. The van der Waals surface area contributed by atoms with Crippen molar-refractivity contribution in [1.29, 1.82) is 0 Å². The first-order chi connectivity index (χ1) is 9.02. The van der Waals surface area contributed by atoms with Crippen LogP contribution in [0.2, 0.25) is 0 Å². The second-order valence-electron chi connectivity index (χ2n) is 5.68. The van der Waals surface area contributed by atoms with Gasteiger partial charge in [-0.2, -0.15) is 0 Å². The summed E-state index contributed by atoms with van der Waals surface area (Å²) in [5, 5.41) is 6.17. The number of aryl methyl sites for hydroxylation is 1. The lowest BCUT2D eigenvalue weighted by atomic mass is 9.81. The summed E-state index contributed by atoms with van der Waals surface area (Å²) in [6.07, 6.45) is 2.06. The third kappa shape index (κ3) is 3.93. The molecule has 0 atom stereocenters. The monoisotopic (exact) mass is 300 g/mol. The molecule has 0 aliphatic carbocycles. The molecule has 5 heteroatoms. The number of benzene rings is 1. The van der Waals surface area contributed by atoms with Gasteiger partial charge in [-0.1, -0.05) is 19.1 Å². The van der Waals surface area contributed by atoms with Gasteiger partial charge in [0, 0.05) is 6.54 Å². The topological polar surface area (TPSA) is 41.1 Å². The molecule has 2 rings (SSSR count). The quantitative estimate of drug-likeness (QED) is 0.901. The number of halogens is 2. The molecule has 2 N–H and O–H groups in total. The Morgan fingerprint density at radius 3 is 2.70 bits per heavy atom. The van der Waals surface area contributed by atoms with Crippen molar-refractivity contribution >= 4 is 18.3 Å². The largest absolute Gasteiger partial charge is 0.351 e. The molecule has 1 aliphatic rings. The molecular formula is C15H22ClFN2O. The number of nitrogens with one attached hydrogen (secondary N) is 2. The van der Waals surface area contributed by atoms with Gasteiger partial charge in [0.2, 0.25) is 0 Å². The molecular weight excluding hydrogens is 279 g/mol. The maximum atomic E-state index is 13.8. The summed E-state index contributed by atoms with van der Waals surface area (Å²) in [6.45, 7) is 6.39. The molecule has 1 fully saturated rings. The molecule has 0 bridgehead atoms. The zero-order valence-corrected chi connectivity index (χ0v) is 12.8. The molecule has 0 aromatic heterocycles. The standard InChI is InChI=1S/C15H21FN2O.ClH/c1-11-4-3-5-12(13(11)16)14(19)18-10-15(2)6-8-17-9-7-15;/h3-5,17H,6-10H2,1-2H3,(H,18,19);1H. The Labute approximate surface area is 125 Å². The molecule has 0 radical (unpaired) electrons. The molecule has 1 saturated heterocycles. The molecule has 1 aliphatic heterocycles. The maximum Gasteiger partial charge on any atom is 0.254 e. The van der Waals surface area contributed by atoms with Crippen molar-refractivity contribution in [3.63, 3.8) is 0 Å². The molecule has 0 unspecified atom stereocenters. The summed E-state index contributed by atoms with van der Waals surface area (Å²) in [7, 11) is 0. The number of rotatable bonds is 3. The van der Waals surface area contributed by atoms with Gasteiger partial charge in [-0.3, -0.25) is 4.79 Å². The molecule has 3 nitrogen and oxygen atoms in total. The summed E-state index contributed by atoms with van der Waals surface area (Å²) >= 11 is 0. The number of piperidine rings is 1. The predicted octanol–water partition coefficient (Wildman–Crippen LogP) is 2.68. The van der Waals surface area contributed by atoms with Gasteiger partial charge in [-0.25, -0.2) is 4.39 Å². The number of amides is 1. The minimum Gasteiger partial charge on any atom is -0.351 e. The highest BCUT2D eigenvalue weighted by atomic mass is 35.5. The minimum atomic E-state index is -0.421. The van der Waals surface area contributed by atoms with Crippen molar-refractivity contribution in [2.24, 2.45) is 5.41 Å². The Kier molecular flexibility index (Phi) is 5.96. The number of carbonyl (C=O) groups is 1. The fourth-order valence-corrected chi connectivity index (χ4v) is 2.42. The SMILES string of the molecule is Cc1cccc(C(=O)NCC2(C)CCNCC2)c1F.Cl. The third-order valence-corrected chi connectivity index (χ3v) is 3.92. The highest BCUT2D eigenvalue weighted by Crippen LogP contribution is 2.26. The number of carbonyl (C=O) groups excluding carboxylic acids is 1. The minimum absolute atomic E-state index is 0. The van der Waals surface area contributed by atoms with Gasteiger partial charge < -0.3 is 10.6 Å². The lowest BCUT2D eigenvalue weighted by Gasteiger charge is -2.34. The van der Waals surface area contributed by atoms with Crippen LogP contribution < -0.4 is 10.6 Å². The molecule has 1 amide bonds. The Balaban J connectivity index is 0.00000200. The molecule has 0 saturated carbocycles. The van der Waals surface area contributed by atoms with E-state index in [9.17, 15) is 9.18 Å². The average molecular weight is 301 g/mol. The van der Waals surface area contributed by atoms with E-state index >= 15 is 0 Å².